The predicted octanol–water partition coefficient (Wildman–Crippen LogP) is 3.27. The van der Waals surface area contributed by atoms with E-state index in [0.717, 1.165) is 41.9 Å². The van der Waals surface area contributed by atoms with Crippen LogP contribution in [0.3, 0.4) is 0 Å². The van der Waals surface area contributed by atoms with Crippen molar-refractivity contribution in [2.24, 2.45) is 0 Å². The number of hydrogen-bond acceptors (Lipinski definition) is 3. The van der Waals surface area contributed by atoms with E-state index >= 15 is 0 Å². The number of anilines is 1. The Morgan fingerprint density at radius 1 is 1.32 bits per heavy atom. The predicted molar refractivity (Wildman–Crippen MR) is 99.9 cm³/mol. The van der Waals surface area contributed by atoms with E-state index in [1.54, 1.807) is 0 Å². The molecular formula is C19H27N5O. The molecule has 0 spiro atoms. The zero-order chi connectivity index (χ0) is 17.3. The number of hydrogen-bond donors (Lipinski definition) is 3. The SMILES string of the molecule is CCc1nc2ccc(NC(=O)NCCC34CCCN3CCC4)cc2[nH]1. The fourth-order valence-electron chi connectivity index (χ4n) is 4.53. The van der Waals surface area contributed by atoms with Gasteiger partial charge in [-0.3, -0.25) is 4.90 Å². The Morgan fingerprint density at radius 2 is 2.12 bits per heavy atom. The number of imidazole rings is 1. The maximum atomic E-state index is 12.2. The van der Waals surface area contributed by atoms with Gasteiger partial charge in [-0.25, -0.2) is 9.78 Å². The zero-order valence-electron chi connectivity index (χ0n) is 14.9. The van der Waals surface area contributed by atoms with Gasteiger partial charge in [0.25, 0.3) is 0 Å². The molecule has 2 amide bonds. The van der Waals surface area contributed by atoms with Crippen LogP contribution in [0.2, 0.25) is 0 Å². The molecule has 6 nitrogen and oxygen atoms in total. The first-order valence-corrected chi connectivity index (χ1v) is 9.47. The van der Waals surface area contributed by atoms with Crippen LogP contribution in [0.15, 0.2) is 18.2 Å². The first kappa shape index (κ1) is 16.4. The summed E-state index contributed by atoms with van der Waals surface area (Å²) in [7, 11) is 0. The lowest BCUT2D eigenvalue weighted by atomic mass is 9.90. The van der Waals surface area contributed by atoms with Crippen LogP contribution in [0.25, 0.3) is 11.0 Å². The molecule has 134 valence electrons. The average Bonchev–Trinajstić information content (AvgIpc) is 3.27. The molecule has 3 N–H and O–H groups in total. The van der Waals surface area contributed by atoms with Crippen LogP contribution in [0.4, 0.5) is 10.5 Å². The number of rotatable bonds is 5. The molecule has 2 aromatic rings. The molecule has 0 bridgehead atoms. The summed E-state index contributed by atoms with van der Waals surface area (Å²) in [5.41, 5.74) is 3.04. The van der Waals surface area contributed by atoms with Crippen LogP contribution >= 0.6 is 0 Å². The molecular weight excluding hydrogens is 314 g/mol. The summed E-state index contributed by atoms with van der Waals surface area (Å²) >= 11 is 0. The Morgan fingerprint density at radius 3 is 2.88 bits per heavy atom. The van der Waals surface area contributed by atoms with E-state index in [1.165, 1.54) is 38.8 Å². The lowest BCUT2D eigenvalue weighted by Crippen LogP contribution is -2.42. The number of carbonyl (C=O) groups is 1. The molecule has 25 heavy (non-hydrogen) atoms. The van der Waals surface area contributed by atoms with Crippen LogP contribution < -0.4 is 10.6 Å². The summed E-state index contributed by atoms with van der Waals surface area (Å²) in [5, 5.41) is 5.96. The number of carbonyl (C=O) groups excluding carboxylic acids is 1. The summed E-state index contributed by atoms with van der Waals surface area (Å²) in [6.07, 6.45) is 7.10. The van der Waals surface area contributed by atoms with Gasteiger partial charge >= 0.3 is 6.03 Å². The summed E-state index contributed by atoms with van der Waals surface area (Å²) in [6, 6.07) is 5.65. The number of nitrogens with zero attached hydrogens (tertiary/aromatic N) is 2. The second kappa shape index (κ2) is 6.67. The third-order valence-electron chi connectivity index (χ3n) is 5.81. The van der Waals surface area contributed by atoms with Gasteiger partial charge in [0, 0.05) is 24.2 Å². The molecule has 2 fully saturated rings. The number of benzene rings is 1. The number of aromatic nitrogens is 2. The van der Waals surface area contributed by atoms with Crippen molar-refractivity contribution >= 4 is 22.8 Å². The molecule has 2 aliphatic rings. The van der Waals surface area contributed by atoms with Crippen molar-refractivity contribution in [1.29, 1.82) is 0 Å². The van der Waals surface area contributed by atoms with Gasteiger partial charge in [-0.15, -0.1) is 0 Å². The highest BCUT2D eigenvalue weighted by Crippen LogP contribution is 2.40. The summed E-state index contributed by atoms with van der Waals surface area (Å²) in [6.45, 7) is 5.26. The Labute approximate surface area is 148 Å². The van der Waals surface area contributed by atoms with Crippen LogP contribution in [0, 0.1) is 0 Å². The second-order valence-corrected chi connectivity index (χ2v) is 7.32. The van der Waals surface area contributed by atoms with Crippen molar-refractivity contribution in [2.45, 2.75) is 51.0 Å². The molecule has 0 radical (unpaired) electrons. The molecule has 2 aliphatic heterocycles. The van der Waals surface area contributed by atoms with Gasteiger partial charge in [0.2, 0.25) is 0 Å². The van der Waals surface area contributed by atoms with Gasteiger partial charge in [-0.2, -0.15) is 0 Å². The number of fused-ring (bicyclic) bond motifs is 2. The minimum absolute atomic E-state index is 0.131. The molecule has 0 atom stereocenters. The number of urea groups is 1. The van der Waals surface area contributed by atoms with E-state index < -0.39 is 0 Å². The van der Waals surface area contributed by atoms with Gasteiger partial charge in [0.05, 0.1) is 11.0 Å². The summed E-state index contributed by atoms with van der Waals surface area (Å²) in [5.74, 6) is 0.966. The largest absolute Gasteiger partial charge is 0.342 e. The number of nitrogens with one attached hydrogen (secondary N) is 3. The number of aromatic amines is 1. The van der Waals surface area contributed by atoms with Crippen molar-refractivity contribution in [1.82, 2.24) is 20.2 Å². The van der Waals surface area contributed by atoms with Gasteiger partial charge < -0.3 is 15.6 Å². The maximum absolute atomic E-state index is 12.2. The molecule has 2 saturated heterocycles. The van der Waals surface area contributed by atoms with Crippen molar-refractivity contribution in [3.8, 4) is 0 Å². The highest BCUT2D eigenvalue weighted by atomic mass is 16.2. The first-order valence-electron chi connectivity index (χ1n) is 9.47. The molecule has 1 aromatic carbocycles. The second-order valence-electron chi connectivity index (χ2n) is 7.32. The van der Waals surface area contributed by atoms with E-state index in [4.69, 9.17) is 0 Å². The minimum atomic E-state index is -0.131. The van der Waals surface area contributed by atoms with E-state index in [1.807, 2.05) is 18.2 Å². The van der Waals surface area contributed by atoms with Gasteiger partial charge in [-0.05, 0) is 63.4 Å². The quantitative estimate of drug-likeness (QED) is 0.781. The Hall–Kier alpha value is -2.08. The van der Waals surface area contributed by atoms with E-state index in [-0.39, 0.29) is 6.03 Å². The molecule has 1 aromatic heterocycles. The zero-order valence-corrected chi connectivity index (χ0v) is 14.9. The van der Waals surface area contributed by atoms with Crippen molar-refractivity contribution in [3.63, 3.8) is 0 Å². The van der Waals surface area contributed by atoms with Crippen LogP contribution in [-0.2, 0) is 6.42 Å². The lowest BCUT2D eigenvalue weighted by molar-refractivity contribution is 0.181. The van der Waals surface area contributed by atoms with Crippen molar-refractivity contribution in [2.75, 3.05) is 25.0 Å². The van der Waals surface area contributed by atoms with Crippen LogP contribution in [0.1, 0.15) is 44.9 Å². The van der Waals surface area contributed by atoms with Gasteiger partial charge in [0.15, 0.2) is 0 Å². The molecule has 3 heterocycles. The smallest absolute Gasteiger partial charge is 0.319 e. The summed E-state index contributed by atoms with van der Waals surface area (Å²) < 4.78 is 0. The third kappa shape index (κ3) is 3.23. The Balaban J connectivity index is 1.31. The fraction of sp³-hybridized carbons (Fsp3) is 0.579. The Kier molecular flexibility index (Phi) is 4.37. The van der Waals surface area contributed by atoms with E-state index in [0.29, 0.717) is 5.54 Å². The maximum Gasteiger partial charge on any atom is 0.319 e. The highest BCUT2D eigenvalue weighted by Gasteiger charge is 2.43. The molecule has 0 aliphatic carbocycles. The number of H-pyrrole nitrogens is 1. The third-order valence-corrected chi connectivity index (χ3v) is 5.81. The van der Waals surface area contributed by atoms with Gasteiger partial charge in [0.1, 0.15) is 5.82 Å². The molecule has 6 heteroatoms. The Bertz CT molecular complexity index is 758. The number of amides is 2. The number of aryl methyl sites for hydroxylation is 1. The average molecular weight is 341 g/mol. The van der Waals surface area contributed by atoms with Gasteiger partial charge in [-0.1, -0.05) is 6.92 Å². The van der Waals surface area contributed by atoms with E-state index in [2.05, 4.69) is 32.4 Å². The fourth-order valence-corrected chi connectivity index (χ4v) is 4.53. The molecule has 4 rings (SSSR count). The molecule has 0 saturated carbocycles. The van der Waals surface area contributed by atoms with E-state index in [9.17, 15) is 4.79 Å². The van der Waals surface area contributed by atoms with Crippen molar-refractivity contribution < 1.29 is 4.79 Å². The first-order chi connectivity index (χ1) is 12.2. The molecule has 0 unspecified atom stereocenters. The lowest BCUT2D eigenvalue weighted by Gasteiger charge is -2.32. The van der Waals surface area contributed by atoms with Crippen LogP contribution in [0.5, 0.6) is 0 Å². The highest BCUT2D eigenvalue weighted by molar-refractivity contribution is 5.91. The normalized spacial score (nSPS) is 19.2. The monoisotopic (exact) mass is 341 g/mol. The minimum Gasteiger partial charge on any atom is -0.342 e. The topological polar surface area (TPSA) is 73.1 Å². The standard InChI is InChI=1S/C19H27N5O/c1-2-17-22-15-6-5-14(13-16(15)23-17)21-18(25)20-10-9-19-7-3-11-24(19)12-4-8-19/h5-6,13H,2-4,7-12H2,1H3,(H,22,23)(H2,20,21,25). The summed E-state index contributed by atoms with van der Waals surface area (Å²) in [4.78, 5) is 22.6. The van der Waals surface area contributed by atoms with Crippen molar-refractivity contribution in [3.05, 3.63) is 24.0 Å². The van der Waals surface area contributed by atoms with Crippen LogP contribution in [-0.4, -0.2) is 46.1 Å².